The summed E-state index contributed by atoms with van der Waals surface area (Å²) in [7, 11) is 0. The first-order valence-electron chi connectivity index (χ1n) is 28.1. The number of furan rings is 2. The number of anilines is 6. The topological polar surface area (TPSA) is 32.8 Å². The van der Waals surface area contributed by atoms with Crippen LogP contribution in [0.1, 0.15) is 137 Å². The van der Waals surface area contributed by atoms with Crippen LogP contribution in [0, 0.1) is 13.8 Å². The molecule has 0 spiro atoms. The molecule has 0 atom stereocenters. The summed E-state index contributed by atoms with van der Waals surface area (Å²) in [5.41, 5.74) is 18.2. The Kier molecular flexibility index (Phi) is 11.9. The molecule has 1 aliphatic carbocycles. The van der Waals surface area contributed by atoms with Crippen LogP contribution in [0.3, 0.4) is 0 Å². The second-order valence-corrected chi connectivity index (χ2v) is 22.5. The van der Waals surface area contributed by atoms with Crippen molar-refractivity contribution in [1.29, 1.82) is 0 Å². The smallest absolute Gasteiger partial charge is 0.159 e. The summed E-state index contributed by atoms with van der Waals surface area (Å²) in [5.74, 6) is 1.03. The van der Waals surface area contributed by atoms with Gasteiger partial charge in [0.25, 0.3) is 0 Å². The standard InChI is InChI=1S/C71H68N2O2/c1-8-9-10-11-20-48-21-14-23-54-56-25-16-27-62(70(56)74-68(48)54)72(49-33-29-45(6)30-34-49)64-41-60(43(2)3)52-38-40-59-65(42-61(44(4)5)53-37-39-58(64)66(52)67(53)59)73(50-35-31-46(7)32-36-50)63-28-17-26-57-55-24-15-22-51(47-18-12-13-19-47)69(55)75-71(57)63/h14-17,21-44,47H,8-13,18-20H2,1-7H3. The van der Waals surface area contributed by atoms with E-state index in [0.29, 0.717) is 5.92 Å². The summed E-state index contributed by atoms with van der Waals surface area (Å²) in [4.78, 5) is 4.99. The zero-order valence-electron chi connectivity index (χ0n) is 44.8. The molecule has 2 heterocycles. The van der Waals surface area contributed by atoms with Crippen LogP contribution in [0.15, 0.2) is 167 Å². The zero-order chi connectivity index (χ0) is 51.1. The van der Waals surface area contributed by atoms with Gasteiger partial charge in [0.1, 0.15) is 11.2 Å². The Morgan fingerprint density at radius 2 is 0.893 bits per heavy atom. The number of unbranched alkanes of at least 4 members (excludes halogenated alkanes) is 3. The minimum atomic E-state index is 0.248. The van der Waals surface area contributed by atoms with Crippen molar-refractivity contribution in [1.82, 2.24) is 0 Å². The number of nitrogens with zero attached hydrogens (tertiary/aromatic N) is 2. The predicted octanol–water partition coefficient (Wildman–Crippen LogP) is 22.0. The number of rotatable bonds is 14. The first kappa shape index (κ1) is 47.2. The van der Waals surface area contributed by atoms with E-state index in [4.69, 9.17) is 8.83 Å². The van der Waals surface area contributed by atoms with Gasteiger partial charge in [0.2, 0.25) is 0 Å². The summed E-state index contributed by atoms with van der Waals surface area (Å²) < 4.78 is 14.5. The molecule has 4 heteroatoms. The number of hydrogen-bond donors (Lipinski definition) is 0. The molecule has 4 nitrogen and oxygen atoms in total. The van der Waals surface area contributed by atoms with Gasteiger partial charge in [0, 0.05) is 43.7 Å². The maximum Gasteiger partial charge on any atom is 0.159 e. The van der Waals surface area contributed by atoms with Gasteiger partial charge >= 0.3 is 0 Å². The van der Waals surface area contributed by atoms with Crippen LogP contribution in [0.4, 0.5) is 34.1 Å². The number of aryl methyl sites for hydroxylation is 3. The van der Waals surface area contributed by atoms with Gasteiger partial charge in [-0.2, -0.15) is 0 Å². The molecule has 10 aromatic carbocycles. The van der Waals surface area contributed by atoms with E-state index in [-0.39, 0.29) is 11.8 Å². The molecule has 75 heavy (non-hydrogen) atoms. The minimum Gasteiger partial charge on any atom is -0.454 e. The lowest BCUT2D eigenvalue weighted by Crippen LogP contribution is -2.13. The largest absolute Gasteiger partial charge is 0.454 e. The average molecular weight is 981 g/mol. The Hall–Kier alpha value is -7.56. The zero-order valence-corrected chi connectivity index (χ0v) is 44.8. The second-order valence-electron chi connectivity index (χ2n) is 22.5. The molecule has 374 valence electrons. The van der Waals surface area contributed by atoms with Crippen molar-refractivity contribution in [3.8, 4) is 0 Å². The van der Waals surface area contributed by atoms with Crippen LogP contribution in [-0.4, -0.2) is 0 Å². The third kappa shape index (κ3) is 7.85. The quantitative estimate of drug-likeness (QED) is 0.0803. The lowest BCUT2D eigenvalue weighted by molar-refractivity contribution is 0.643. The highest BCUT2D eigenvalue weighted by molar-refractivity contribution is 6.30. The molecule has 0 aliphatic heterocycles. The van der Waals surface area contributed by atoms with Gasteiger partial charge < -0.3 is 18.6 Å². The molecule has 0 saturated heterocycles. The van der Waals surface area contributed by atoms with E-state index in [0.717, 1.165) is 80.1 Å². The second kappa shape index (κ2) is 19.0. The van der Waals surface area contributed by atoms with Crippen LogP contribution in [0.5, 0.6) is 0 Å². The molecule has 13 rings (SSSR count). The monoisotopic (exact) mass is 981 g/mol. The summed E-state index contributed by atoms with van der Waals surface area (Å²) in [6.45, 7) is 16.0. The maximum atomic E-state index is 7.28. The van der Waals surface area contributed by atoms with Gasteiger partial charge in [0.05, 0.1) is 22.7 Å². The lowest BCUT2D eigenvalue weighted by Gasteiger charge is -2.31. The fourth-order valence-electron chi connectivity index (χ4n) is 13.1. The molecular weight excluding hydrogens is 913 g/mol. The molecule has 1 saturated carbocycles. The third-order valence-corrected chi connectivity index (χ3v) is 16.9. The number of hydrogen-bond acceptors (Lipinski definition) is 4. The van der Waals surface area contributed by atoms with Crippen LogP contribution in [-0.2, 0) is 6.42 Å². The van der Waals surface area contributed by atoms with Gasteiger partial charge in [-0.1, -0.05) is 187 Å². The normalized spacial score (nSPS) is 13.5. The molecule has 12 aromatic rings. The van der Waals surface area contributed by atoms with Gasteiger partial charge in [-0.3, -0.25) is 0 Å². The Bertz CT molecular complexity index is 4090. The summed E-state index contributed by atoms with van der Waals surface area (Å²) in [6.07, 6.45) is 10.9. The van der Waals surface area contributed by atoms with Crippen molar-refractivity contribution in [2.24, 2.45) is 0 Å². The highest BCUT2D eigenvalue weighted by Gasteiger charge is 2.30. The predicted molar refractivity (Wildman–Crippen MR) is 321 cm³/mol. The molecule has 2 aromatic heterocycles. The van der Waals surface area contributed by atoms with E-state index < -0.39 is 0 Å². The molecule has 1 aliphatic rings. The SMILES string of the molecule is CCCCCCc1cccc2c1oc1c(N(c3ccc(C)cc3)c3cc(C(C)C)c4ccc5c(N(c6ccc(C)cc6)c6cccc7c6oc6c(C8CCCC8)cccc67)cc(C(C)C)c6ccc3c4c65)cccc12. The van der Waals surface area contributed by atoms with Gasteiger partial charge in [-0.05, 0) is 150 Å². The number of fused-ring (bicyclic) bond motifs is 6. The number of benzene rings is 10. The van der Waals surface area contributed by atoms with E-state index in [9.17, 15) is 0 Å². The fourth-order valence-corrected chi connectivity index (χ4v) is 13.1. The summed E-state index contributed by atoms with van der Waals surface area (Å²) in [6, 6.07) is 59.8. The van der Waals surface area contributed by atoms with Crippen molar-refractivity contribution < 1.29 is 8.83 Å². The highest BCUT2D eigenvalue weighted by Crippen LogP contribution is 2.53. The first-order chi connectivity index (χ1) is 36.7. The van der Waals surface area contributed by atoms with E-state index >= 15 is 0 Å². The summed E-state index contributed by atoms with van der Waals surface area (Å²) >= 11 is 0. The minimum absolute atomic E-state index is 0.248. The fraction of sp³-hybridized carbons (Fsp3) is 0.268. The van der Waals surface area contributed by atoms with Crippen molar-refractivity contribution >= 4 is 110 Å². The van der Waals surface area contributed by atoms with Crippen LogP contribution in [0.25, 0.3) is 76.2 Å². The third-order valence-electron chi connectivity index (χ3n) is 16.9. The molecule has 0 radical (unpaired) electrons. The molecular formula is C71H68N2O2. The molecule has 0 bridgehead atoms. The molecule has 1 fully saturated rings. The average Bonchev–Trinajstić information content (AvgIpc) is 4.25. The lowest BCUT2D eigenvalue weighted by atomic mass is 9.84. The first-order valence-corrected chi connectivity index (χ1v) is 28.1. The van der Waals surface area contributed by atoms with E-state index in [1.165, 1.54) is 121 Å². The Morgan fingerprint density at radius 1 is 0.440 bits per heavy atom. The maximum absolute atomic E-state index is 7.28. The van der Waals surface area contributed by atoms with E-state index in [2.05, 4.69) is 216 Å². The molecule has 0 amide bonds. The van der Waals surface area contributed by atoms with Crippen molar-refractivity contribution in [2.75, 3.05) is 9.80 Å². The van der Waals surface area contributed by atoms with Crippen LogP contribution >= 0.6 is 0 Å². The molecule has 0 unspecified atom stereocenters. The van der Waals surface area contributed by atoms with Gasteiger partial charge in [-0.25, -0.2) is 0 Å². The van der Waals surface area contributed by atoms with Crippen molar-refractivity contribution in [2.45, 2.75) is 124 Å². The highest BCUT2D eigenvalue weighted by atomic mass is 16.3. The van der Waals surface area contributed by atoms with E-state index in [1.807, 2.05) is 0 Å². The Morgan fingerprint density at radius 3 is 1.40 bits per heavy atom. The Balaban J connectivity index is 1.09. The van der Waals surface area contributed by atoms with E-state index in [1.54, 1.807) is 0 Å². The van der Waals surface area contributed by atoms with Gasteiger partial charge in [0.15, 0.2) is 11.2 Å². The summed E-state index contributed by atoms with van der Waals surface area (Å²) in [5, 5.41) is 12.3. The Labute approximate surface area is 441 Å². The van der Waals surface area contributed by atoms with Crippen LogP contribution < -0.4 is 9.80 Å². The van der Waals surface area contributed by atoms with Crippen molar-refractivity contribution in [3.63, 3.8) is 0 Å². The molecule has 0 N–H and O–H groups in total. The van der Waals surface area contributed by atoms with Gasteiger partial charge in [-0.15, -0.1) is 0 Å². The number of para-hydroxylation sites is 4. The van der Waals surface area contributed by atoms with Crippen molar-refractivity contribution in [3.05, 3.63) is 191 Å². The van der Waals surface area contributed by atoms with Crippen LogP contribution in [0.2, 0.25) is 0 Å².